The zero-order valence-electron chi connectivity index (χ0n) is 11.3. The zero-order valence-corrected chi connectivity index (χ0v) is 11.3. The van der Waals surface area contributed by atoms with Crippen molar-refractivity contribution >= 4 is 17.5 Å². The highest BCUT2D eigenvalue weighted by atomic mass is 16.2. The van der Waals surface area contributed by atoms with E-state index in [1.54, 1.807) is 4.90 Å². The van der Waals surface area contributed by atoms with Gasteiger partial charge in [0.05, 0.1) is 17.9 Å². The van der Waals surface area contributed by atoms with Crippen molar-refractivity contribution in [3.8, 4) is 0 Å². The number of likely N-dealkylation sites (tertiary alicyclic amines) is 1. The van der Waals surface area contributed by atoms with Crippen LogP contribution in [0, 0.1) is 0 Å². The fourth-order valence-corrected chi connectivity index (χ4v) is 2.54. The molecule has 1 aromatic rings. The number of nitrogens with two attached hydrogens (primary N) is 1. The number of rotatable bonds is 4. The molecule has 2 amide bonds. The highest BCUT2D eigenvalue weighted by Gasteiger charge is 2.30. The van der Waals surface area contributed by atoms with E-state index in [4.69, 9.17) is 5.73 Å². The van der Waals surface area contributed by atoms with E-state index in [-0.39, 0.29) is 18.1 Å². The van der Waals surface area contributed by atoms with Crippen molar-refractivity contribution in [3.63, 3.8) is 0 Å². The third kappa shape index (κ3) is 2.48. The molecule has 1 aliphatic heterocycles. The average Bonchev–Trinajstić information content (AvgIpc) is 2.99. The van der Waals surface area contributed by atoms with Gasteiger partial charge in [-0.05, 0) is 25.7 Å². The minimum atomic E-state index is -0.391. The van der Waals surface area contributed by atoms with Crippen LogP contribution in [0.25, 0.3) is 0 Å². The van der Waals surface area contributed by atoms with Crippen LogP contribution in [-0.2, 0) is 4.79 Å². The molecular weight excluding hydrogens is 258 g/mol. The van der Waals surface area contributed by atoms with Crippen LogP contribution >= 0.6 is 0 Å². The van der Waals surface area contributed by atoms with E-state index < -0.39 is 5.91 Å². The molecule has 0 atom stereocenters. The van der Waals surface area contributed by atoms with Gasteiger partial charge in [-0.15, -0.1) is 0 Å². The van der Waals surface area contributed by atoms with Crippen molar-refractivity contribution in [2.24, 2.45) is 0 Å². The molecule has 2 fully saturated rings. The van der Waals surface area contributed by atoms with E-state index in [9.17, 15) is 9.59 Å². The van der Waals surface area contributed by atoms with Gasteiger partial charge in [0, 0.05) is 19.0 Å². The maximum atomic E-state index is 12.0. The van der Waals surface area contributed by atoms with Crippen LogP contribution in [0.15, 0.2) is 0 Å². The maximum absolute atomic E-state index is 12.0. The van der Waals surface area contributed by atoms with Crippen LogP contribution < -0.4 is 11.1 Å². The van der Waals surface area contributed by atoms with Gasteiger partial charge in [0.2, 0.25) is 5.91 Å². The topological polar surface area (TPSA) is 104 Å². The van der Waals surface area contributed by atoms with Crippen molar-refractivity contribution < 1.29 is 9.59 Å². The number of nitrogens with zero attached hydrogens (tertiary/aromatic N) is 2. The summed E-state index contributed by atoms with van der Waals surface area (Å²) in [5.74, 6) is -0.0270. The Balaban J connectivity index is 1.57. The minimum absolute atomic E-state index is 0.00386. The summed E-state index contributed by atoms with van der Waals surface area (Å²) in [5, 5.41) is 9.39. The van der Waals surface area contributed by atoms with Gasteiger partial charge < -0.3 is 16.0 Å². The van der Waals surface area contributed by atoms with Crippen LogP contribution in [0.2, 0.25) is 0 Å². The first-order chi connectivity index (χ1) is 9.66. The Hall–Kier alpha value is -2.05. The molecule has 4 N–H and O–H groups in total. The summed E-state index contributed by atoms with van der Waals surface area (Å²) in [6.45, 7) is 1.57. The van der Waals surface area contributed by atoms with E-state index in [0.717, 1.165) is 44.5 Å². The molecule has 1 saturated carbocycles. The van der Waals surface area contributed by atoms with Crippen LogP contribution in [0.3, 0.4) is 0 Å². The largest absolute Gasteiger partial charge is 0.395 e. The van der Waals surface area contributed by atoms with Gasteiger partial charge in [0.15, 0.2) is 5.69 Å². The van der Waals surface area contributed by atoms with Crippen molar-refractivity contribution in [1.82, 2.24) is 20.4 Å². The van der Waals surface area contributed by atoms with Gasteiger partial charge in [-0.25, -0.2) is 0 Å². The monoisotopic (exact) mass is 277 g/mol. The second-order valence-electron chi connectivity index (χ2n) is 5.44. The highest BCUT2D eigenvalue weighted by Crippen LogP contribution is 2.42. The highest BCUT2D eigenvalue weighted by molar-refractivity contribution is 5.99. The number of aromatic nitrogens is 2. The van der Waals surface area contributed by atoms with E-state index in [2.05, 4.69) is 15.5 Å². The zero-order chi connectivity index (χ0) is 14.1. The molecule has 3 rings (SSSR count). The Bertz CT molecular complexity index is 529. The molecule has 20 heavy (non-hydrogen) atoms. The number of nitrogens with one attached hydrogen (secondary N) is 2. The third-order valence-electron chi connectivity index (χ3n) is 3.89. The summed E-state index contributed by atoms with van der Waals surface area (Å²) < 4.78 is 0. The van der Waals surface area contributed by atoms with Gasteiger partial charge in [0.1, 0.15) is 0 Å². The summed E-state index contributed by atoms with van der Waals surface area (Å²) in [7, 11) is 0. The Kier molecular flexibility index (Phi) is 3.33. The summed E-state index contributed by atoms with van der Waals surface area (Å²) in [4.78, 5) is 25.6. The van der Waals surface area contributed by atoms with E-state index >= 15 is 0 Å². The number of hydrogen-bond donors (Lipinski definition) is 3. The smallest absolute Gasteiger partial charge is 0.274 e. The Morgan fingerprint density at radius 2 is 2.05 bits per heavy atom. The molecule has 1 saturated heterocycles. The molecular formula is C13H19N5O2. The summed E-state index contributed by atoms with van der Waals surface area (Å²) in [6.07, 6.45) is 4.25. The third-order valence-corrected chi connectivity index (χ3v) is 3.89. The lowest BCUT2D eigenvalue weighted by molar-refractivity contribution is -0.129. The lowest BCUT2D eigenvalue weighted by Gasteiger charge is -2.15. The number of hydrogen-bond acceptors (Lipinski definition) is 4. The van der Waals surface area contributed by atoms with Crippen LogP contribution in [-0.4, -0.2) is 46.5 Å². The molecule has 0 radical (unpaired) electrons. The number of aromatic amines is 1. The molecule has 7 heteroatoms. The SMILES string of the molecule is Nc1c(C(=O)NCC(=O)N2CCCC2)n[nH]c1C1CC1. The fraction of sp³-hybridized carbons (Fsp3) is 0.615. The fourth-order valence-electron chi connectivity index (χ4n) is 2.54. The molecule has 2 aliphatic rings. The maximum Gasteiger partial charge on any atom is 0.274 e. The molecule has 7 nitrogen and oxygen atoms in total. The Morgan fingerprint density at radius 3 is 2.70 bits per heavy atom. The van der Waals surface area contributed by atoms with Gasteiger partial charge in [-0.3, -0.25) is 14.7 Å². The second-order valence-corrected chi connectivity index (χ2v) is 5.44. The molecule has 0 bridgehead atoms. The number of carbonyl (C=O) groups excluding carboxylic acids is 2. The van der Waals surface area contributed by atoms with E-state index in [1.165, 1.54) is 0 Å². The number of H-pyrrole nitrogens is 1. The minimum Gasteiger partial charge on any atom is -0.395 e. The first kappa shape index (κ1) is 13.0. The molecule has 0 unspecified atom stereocenters. The standard InChI is InChI=1S/C13H19N5O2/c14-10-11(8-3-4-8)16-17-12(10)13(20)15-7-9(19)18-5-1-2-6-18/h8H,1-7,14H2,(H,15,20)(H,16,17). The van der Waals surface area contributed by atoms with Crippen molar-refractivity contribution in [2.45, 2.75) is 31.6 Å². The predicted molar refractivity (Wildman–Crippen MR) is 73.1 cm³/mol. The van der Waals surface area contributed by atoms with Crippen molar-refractivity contribution in [3.05, 3.63) is 11.4 Å². The molecule has 2 heterocycles. The molecule has 108 valence electrons. The number of amides is 2. The van der Waals surface area contributed by atoms with Gasteiger partial charge >= 0.3 is 0 Å². The van der Waals surface area contributed by atoms with Crippen LogP contribution in [0.1, 0.15) is 47.8 Å². The second kappa shape index (κ2) is 5.15. The van der Waals surface area contributed by atoms with Crippen molar-refractivity contribution in [1.29, 1.82) is 0 Å². The van der Waals surface area contributed by atoms with Crippen molar-refractivity contribution in [2.75, 3.05) is 25.4 Å². The summed E-state index contributed by atoms with van der Waals surface area (Å²) in [6, 6.07) is 0. The number of nitrogen functional groups attached to an aromatic ring is 1. The Morgan fingerprint density at radius 1 is 1.35 bits per heavy atom. The first-order valence-electron chi connectivity index (χ1n) is 7.06. The molecule has 1 aromatic heterocycles. The van der Waals surface area contributed by atoms with Crippen LogP contribution in [0.4, 0.5) is 5.69 Å². The van der Waals surface area contributed by atoms with Crippen LogP contribution in [0.5, 0.6) is 0 Å². The van der Waals surface area contributed by atoms with Gasteiger partial charge in [-0.1, -0.05) is 0 Å². The molecule has 0 aromatic carbocycles. The lowest BCUT2D eigenvalue weighted by Crippen LogP contribution is -2.38. The lowest BCUT2D eigenvalue weighted by atomic mass is 10.2. The number of carbonyl (C=O) groups is 2. The van der Waals surface area contributed by atoms with E-state index in [0.29, 0.717) is 11.6 Å². The summed E-state index contributed by atoms with van der Waals surface area (Å²) >= 11 is 0. The molecule has 0 spiro atoms. The average molecular weight is 277 g/mol. The van der Waals surface area contributed by atoms with Gasteiger partial charge in [-0.2, -0.15) is 5.10 Å². The van der Waals surface area contributed by atoms with Gasteiger partial charge in [0.25, 0.3) is 5.91 Å². The predicted octanol–water partition coefficient (Wildman–Crippen LogP) is 0.221. The quantitative estimate of drug-likeness (QED) is 0.732. The molecule has 1 aliphatic carbocycles. The van der Waals surface area contributed by atoms with E-state index in [1.807, 2.05) is 0 Å². The summed E-state index contributed by atoms with van der Waals surface area (Å²) in [5.41, 5.74) is 7.38. The Labute approximate surface area is 116 Å². The number of anilines is 1. The normalized spacial score (nSPS) is 18.3. The first-order valence-corrected chi connectivity index (χ1v) is 7.06.